The molecule has 3 aromatic rings. The van der Waals surface area contributed by atoms with Gasteiger partial charge in [0.25, 0.3) is 5.56 Å². The third kappa shape index (κ3) is 4.13. The highest BCUT2D eigenvalue weighted by Gasteiger charge is 2.17. The van der Waals surface area contributed by atoms with Gasteiger partial charge in [-0.2, -0.15) is 0 Å². The van der Waals surface area contributed by atoms with Crippen LogP contribution in [-0.2, 0) is 16.1 Å². The quantitative estimate of drug-likeness (QED) is 0.630. The van der Waals surface area contributed by atoms with Gasteiger partial charge in [-0.05, 0) is 30.5 Å². The van der Waals surface area contributed by atoms with Crippen molar-refractivity contribution in [3.63, 3.8) is 0 Å². The molecule has 0 aliphatic heterocycles. The highest BCUT2D eigenvalue weighted by molar-refractivity contribution is 7.14. The maximum atomic E-state index is 12.6. The third-order valence-electron chi connectivity index (χ3n) is 3.57. The number of carbonyl (C=O) groups excluding carboxylic acids is 2. The standard InChI is InChI=1S/C17H13Cl2N3O4S/c1-2-26-17(25)10-3-4-27-15(10)21-13(23)7-22-8-20-14-11(16(22)24)5-9(18)6-12(14)19/h3-6,8H,2,7H2,1H3,(H,21,23). The SMILES string of the molecule is CCOC(=O)c1ccsc1NC(=O)Cn1cnc2c(Cl)cc(Cl)cc2c1=O. The summed E-state index contributed by atoms with van der Waals surface area (Å²) in [6, 6.07) is 4.50. The van der Waals surface area contributed by atoms with Gasteiger partial charge in [0.2, 0.25) is 5.91 Å². The summed E-state index contributed by atoms with van der Waals surface area (Å²) in [5.41, 5.74) is 0.125. The Balaban J connectivity index is 1.83. The summed E-state index contributed by atoms with van der Waals surface area (Å²) < 4.78 is 6.08. The smallest absolute Gasteiger partial charge is 0.341 e. The fourth-order valence-corrected chi connectivity index (χ4v) is 3.74. The number of thiophene rings is 1. The molecule has 2 heterocycles. The second-order valence-corrected chi connectivity index (χ2v) is 7.15. The van der Waals surface area contributed by atoms with Gasteiger partial charge in [-0.25, -0.2) is 9.78 Å². The van der Waals surface area contributed by atoms with Gasteiger partial charge in [0, 0.05) is 5.02 Å². The molecule has 0 bridgehead atoms. The number of halogens is 2. The second-order valence-electron chi connectivity index (χ2n) is 5.39. The van der Waals surface area contributed by atoms with E-state index in [-0.39, 0.29) is 29.1 Å². The molecular formula is C17H13Cl2N3O4S. The Morgan fingerprint density at radius 2 is 2.11 bits per heavy atom. The van der Waals surface area contributed by atoms with Crippen LogP contribution in [0.3, 0.4) is 0 Å². The molecule has 1 aromatic carbocycles. The lowest BCUT2D eigenvalue weighted by Gasteiger charge is -2.09. The number of esters is 1. The van der Waals surface area contributed by atoms with Crippen LogP contribution in [0.1, 0.15) is 17.3 Å². The number of hydrogen-bond donors (Lipinski definition) is 1. The van der Waals surface area contributed by atoms with Crippen LogP contribution in [0.2, 0.25) is 10.0 Å². The van der Waals surface area contributed by atoms with Crippen LogP contribution in [0.25, 0.3) is 10.9 Å². The number of hydrogen-bond acceptors (Lipinski definition) is 6. The van der Waals surface area contributed by atoms with Gasteiger partial charge < -0.3 is 10.1 Å². The Labute approximate surface area is 167 Å². The number of rotatable bonds is 5. The van der Waals surface area contributed by atoms with E-state index < -0.39 is 17.4 Å². The number of fused-ring (bicyclic) bond motifs is 1. The first-order valence-corrected chi connectivity index (χ1v) is 9.43. The van der Waals surface area contributed by atoms with Crippen LogP contribution in [0.4, 0.5) is 5.00 Å². The van der Waals surface area contributed by atoms with Gasteiger partial charge in [-0.1, -0.05) is 23.2 Å². The fourth-order valence-electron chi connectivity index (χ4n) is 2.40. The van der Waals surface area contributed by atoms with Crippen LogP contribution in [0, 0.1) is 0 Å². The molecule has 140 valence electrons. The maximum absolute atomic E-state index is 12.6. The summed E-state index contributed by atoms with van der Waals surface area (Å²) in [6.07, 6.45) is 1.24. The van der Waals surface area contributed by atoms with Crippen LogP contribution in [0.15, 0.2) is 34.7 Å². The summed E-state index contributed by atoms with van der Waals surface area (Å²) in [5, 5.41) is 5.40. The molecule has 2 aromatic heterocycles. The number of nitrogens with one attached hydrogen (secondary N) is 1. The lowest BCUT2D eigenvalue weighted by molar-refractivity contribution is -0.116. The number of benzene rings is 1. The first-order chi connectivity index (χ1) is 12.9. The Kier molecular flexibility index (Phi) is 5.79. The molecule has 10 heteroatoms. The van der Waals surface area contributed by atoms with Crippen molar-refractivity contribution in [1.29, 1.82) is 0 Å². The number of amides is 1. The fraction of sp³-hybridized carbons (Fsp3) is 0.176. The zero-order valence-electron chi connectivity index (χ0n) is 14.0. The van der Waals surface area contributed by atoms with E-state index in [4.69, 9.17) is 27.9 Å². The molecule has 0 atom stereocenters. The molecule has 0 radical (unpaired) electrons. The molecule has 0 aliphatic carbocycles. The van der Waals surface area contributed by atoms with E-state index in [0.717, 1.165) is 4.57 Å². The molecule has 3 rings (SSSR count). The molecule has 0 unspecified atom stereocenters. The molecule has 0 saturated carbocycles. The highest BCUT2D eigenvalue weighted by Crippen LogP contribution is 2.25. The van der Waals surface area contributed by atoms with E-state index in [9.17, 15) is 14.4 Å². The van der Waals surface area contributed by atoms with Gasteiger partial charge in [-0.3, -0.25) is 14.2 Å². The lowest BCUT2D eigenvalue weighted by Crippen LogP contribution is -2.28. The average molecular weight is 426 g/mol. The Morgan fingerprint density at radius 1 is 1.33 bits per heavy atom. The van der Waals surface area contributed by atoms with E-state index in [1.807, 2.05) is 0 Å². The number of carbonyl (C=O) groups is 2. The summed E-state index contributed by atoms with van der Waals surface area (Å²) >= 11 is 13.2. The predicted molar refractivity (Wildman–Crippen MR) is 105 cm³/mol. The van der Waals surface area contributed by atoms with Gasteiger partial charge >= 0.3 is 5.97 Å². The molecule has 0 saturated heterocycles. The van der Waals surface area contributed by atoms with E-state index in [1.54, 1.807) is 18.4 Å². The molecule has 7 nitrogen and oxygen atoms in total. The largest absolute Gasteiger partial charge is 0.462 e. The van der Waals surface area contributed by atoms with Gasteiger partial charge in [-0.15, -0.1) is 11.3 Å². The van der Waals surface area contributed by atoms with Gasteiger partial charge in [0.1, 0.15) is 11.5 Å². The Bertz CT molecular complexity index is 1090. The van der Waals surface area contributed by atoms with Crippen molar-refractivity contribution in [3.05, 3.63) is 55.9 Å². The number of anilines is 1. The maximum Gasteiger partial charge on any atom is 0.341 e. The summed E-state index contributed by atoms with van der Waals surface area (Å²) in [5.74, 6) is -1.01. The van der Waals surface area contributed by atoms with Crippen LogP contribution in [-0.4, -0.2) is 28.0 Å². The third-order valence-corrected chi connectivity index (χ3v) is 4.91. The number of ether oxygens (including phenoxy) is 1. The van der Waals surface area contributed by atoms with Crippen molar-refractivity contribution in [1.82, 2.24) is 9.55 Å². The molecule has 0 aliphatic rings. The molecule has 27 heavy (non-hydrogen) atoms. The van der Waals surface area contributed by atoms with Gasteiger partial charge in [0.05, 0.1) is 34.4 Å². The zero-order valence-corrected chi connectivity index (χ0v) is 16.3. The number of aromatic nitrogens is 2. The topological polar surface area (TPSA) is 90.3 Å². The Morgan fingerprint density at radius 3 is 2.85 bits per heavy atom. The summed E-state index contributed by atoms with van der Waals surface area (Å²) in [4.78, 5) is 40.9. The minimum atomic E-state index is -0.525. The van der Waals surface area contributed by atoms with Gasteiger partial charge in [0.15, 0.2) is 0 Å². The minimum absolute atomic E-state index is 0.214. The van der Waals surface area contributed by atoms with Crippen LogP contribution in [0.5, 0.6) is 0 Å². The van der Waals surface area contributed by atoms with E-state index in [0.29, 0.717) is 15.5 Å². The van der Waals surface area contributed by atoms with E-state index >= 15 is 0 Å². The Hall–Kier alpha value is -2.42. The second kappa shape index (κ2) is 8.08. The first kappa shape index (κ1) is 19.3. The molecule has 1 N–H and O–H groups in total. The minimum Gasteiger partial charge on any atom is -0.462 e. The van der Waals surface area contributed by atoms with Crippen molar-refractivity contribution < 1.29 is 14.3 Å². The first-order valence-electron chi connectivity index (χ1n) is 7.79. The van der Waals surface area contributed by atoms with E-state index in [2.05, 4.69) is 10.3 Å². The highest BCUT2D eigenvalue weighted by atomic mass is 35.5. The van der Waals surface area contributed by atoms with Crippen molar-refractivity contribution in [2.24, 2.45) is 0 Å². The van der Waals surface area contributed by atoms with Crippen LogP contribution < -0.4 is 10.9 Å². The predicted octanol–water partition coefficient (Wildman–Crippen LogP) is 3.58. The molecule has 0 fully saturated rings. The van der Waals surface area contributed by atoms with Crippen molar-refractivity contribution >= 4 is 62.3 Å². The lowest BCUT2D eigenvalue weighted by atomic mass is 10.2. The van der Waals surface area contributed by atoms with Crippen molar-refractivity contribution in [2.75, 3.05) is 11.9 Å². The van der Waals surface area contributed by atoms with E-state index in [1.165, 1.54) is 29.8 Å². The van der Waals surface area contributed by atoms with Crippen LogP contribution >= 0.6 is 34.5 Å². The monoisotopic (exact) mass is 425 g/mol. The van der Waals surface area contributed by atoms with Crippen molar-refractivity contribution in [2.45, 2.75) is 13.5 Å². The molecule has 0 spiro atoms. The molecular weight excluding hydrogens is 413 g/mol. The molecule has 1 amide bonds. The average Bonchev–Trinajstić information content (AvgIpc) is 3.06. The normalized spacial score (nSPS) is 10.8. The summed E-state index contributed by atoms with van der Waals surface area (Å²) in [7, 11) is 0. The number of nitrogens with zero attached hydrogens (tertiary/aromatic N) is 2. The van der Waals surface area contributed by atoms with Crippen molar-refractivity contribution in [3.8, 4) is 0 Å². The summed E-state index contributed by atoms with van der Waals surface area (Å²) in [6.45, 7) is 1.64. The zero-order chi connectivity index (χ0) is 19.6.